The van der Waals surface area contributed by atoms with Gasteiger partial charge in [-0.3, -0.25) is 0 Å². The van der Waals surface area contributed by atoms with Crippen LogP contribution < -0.4 is 5.73 Å². The van der Waals surface area contributed by atoms with Gasteiger partial charge in [0.15, 0.2) is 0 Å². The first-order chi connectivity index (χ1) is 8.13. The fourth-order valence-corrected chi connectivity index (χ4v) is 2.09. The Bertz CT molecular complexity index is 474. The Morgan fingerprint density at radius 1 is 1.35 bits per heavy atom. The lowest BCUT2D eigenvalue weighted by molar-refractivity contribution is 0.723. The monoisotopic (exact) mass is 341 g/mol. The first-order valence-corrected chi connectivity index (χ1v) is 6.72. The average molecular weight is 341 g/mol. The zero-order valence-electron chi connectivity index (χ0n) is 9.81. The Labute approximate surface area is 115 Å². The third kappa shape index (κ3) is 3.81. The van der Waals surface area contributed by atoms with Gasteiger partial charge >= 0.3 is 0 Å². The molecule has 1 atom stereocenters. The van der Waals surface area contributed by atoms with Gasteiger partial charge in [0.05, 0.1) is 12.0 Å². The number of imidazole rings is 1. The van der Waals surface area contributed by atoms with Gasteiger partial charge < -0.3 is 10.3 Å². The van der Waals surface area contributed by atoms with Crippen LogP contribution in [0, 0.1) is 3.57 Å². The highest BCUT2D eigenvalue weighted by atomic mass is 127. The standard InChI is InChI=1S/C13H16IN3/c1-10(15)6-13-8-17(9-16-13)7-11-2-4-12(14)5-3-11/h2-5,8-10H,6-7,15H2,1H3. The number of hydrogen-bond donors (Lipinski definition) is 1. The van der Waals surface area contributed by atoms with Gasteiger partial charge in [0.25, 0.3) is 0 Å². The van der Waals surface area contributed by atoms with E-state index in [9.17, 15) is 0 Å². The van der Waals surface area contributed by atoms with E-state index >= 15 is 0 Å². The second kappa shape index (κ2) is 5.64. The molecular formula is C13H16IN3. The number of rotatable bonds is 4. The van der Waals surface area contributed by atoms with E-state index < -0.39 is 0 Å². The van der Waals surface area contributed by atoms with E-state index in [1.165, 1.54) is 9.13 Å². The summed E-state index contributed by atoms with van der Waals surface area (Å²) in [7, 11) is 0. The topological polar surface area (TPSA) is 43.8 Å². The molecule has 3 nitrogen and oxygen atoms in total. The van der Waals surface area contributed by atoms with Crippen molar-refractivity contribution < 1.29 is 0 Å². The van der Waals surface area contributed by atoms with E-state index in [4.69, 9.17) is 5.73 Å². The average Bonchev–Trinajstić information content (AvgIpc) is 2.68. The minimum absolute atomic E-state index is 0.164. The van der Waals surface area contributed by atoms with Crippen LogP contribution in [0.3, 0.4) is 0 Å². The molecule has 0 aliphatic carbocycles. The summed E-state index contributed by atoms with van der Waals surface area (Å²) in [4.78, 5) is 4.35. The molecule has 0 spiro atoms. The lowest BCUT2D eigenvalue weighted by Gasteiger charge is -2.03. The summed E-state index contributed by atoms with van der Waals surface area (Å²) in [6.07, 6.45) is 4.77. The summed E-state index contributed by atoms with van der Waals surface area (Å²) in [5.74, 6) is 0. The Hall–Kier alpha value is -0.880. The Morgan fingerprint density at radius 2 is 2.06 bits per heavy atom. The van der Waals surface area contributed by atoms with Crippen LogP contribution in [0.5, 0.6) is 0 Å². The quantitative estimate of drug-likeness (QED) is 0.868. The molecule has 0 radical (unpaired) electrons. The SMILES string of the molecule is CC(N)Cc1cn(Cc2ccc(I)cc2)cn1. The van der Waals surface area contributed by atoms with Gasteiger partial charge in [-0.25, -0.2) is 4.98 Å². The van der Waals surface area contributed by atoms with Gasteiger partial charge in [0, 0.05) is 28.8 Å². The fraction of sp³-hybridized carbons (Fsp3) is 0.308. The molecule has 1 unspecified atom stereocenters. The molecule has 90 valence electrons. The molecule has 0 saturated carbocycles. The van der Waals surface area contributed by atoms with E-state index in [-0.39, 0.29) is 6.04 Å². The van der Waals surface area contributed by atoms with Crippen LogP contribution in [0.4, 0.5) is 0 Å². The summed E-state index contributed by atoms with van der Waals surface area (Å²) in [5, 5.41) is 0. The van der Waals surface area contributed by atoms with Crippen LogP contribution in [0.2, 0.25) is 0 Å². The predicted octanol–water partition coefficient (Wildman–Crippen LogP) is 2.43. The van der Waals surface area contributed by atoms with Crippen molar-refractivity contribution in [3.8, 4) is 0 Å². The third-order valence-electron chi connectivity index (χ3n) is 2.50. The predicted molar refractivity (Wildman–Crippen MR) is 77.8 cm³/mol. The molecule has 0 saturated heterocycles. The number of halogens is 1. The second-order valence-corrected chi connectivity index (χ2v) is 5.59. The maximum absolute atomic E-state index is 5.75. The van der Waals surface area contributed by atoms with Gasteiger partial charge in [0.1, 0.15) is 0 Å². The number of nitrogens with two attached hydrogens (primary N) is 1. The van der Waals surface area contributed by atoms with E-state index in [0.29, 0.717) is 0 Å². The highest BCUT2D eigenvalue weighted by Gasteiger charge is 2.02. The van der Waals surface area contributed by atoms with Crippen molar-refractivity contribution in [2.24, 2.45) is 5.73 Å². The maximum atomic E-state index is 5.75. The highest BCUT2D eigenvalue weighted by Crippen LogP contribution is 2.09. The molecular weight excluding hydrogens is 325 g/mol. The van der Waals surface area contributed by atoms with Crippen LogP contribution in [0.15, 0.2) is 36.8 Å². The minimum Gasteiger partial charge on any atom is -0.333 e. The molecule has 2 rings (SSSR count). The normalized spacial score (nSPS) is 12.6. The van der Waals surface area contributed by atoms with Crippen LogP contribution in [0.25, 0.3) is 0 Å². The van der Waals surface area contributed by atoms with Crippen molar-refractivity contribution in [2.75, 3.05) is 0 Å². The molecule has 1 aromatic heterocycles. The first-order valence-electron chi connectivity index (χ1n) is 5.64. The van der Waals surface area contributed by atoms with Crippen molar-refractivity contribution in [1.82, 2.24) is 9.55 Å². The summed E-state index contributed by atoms with van der Waals surface area (Å²) >= 11 is 2.31. The van der Waals surface area contributed by atoms with Crippen molar-refractivity contribution in [3.05, 3.63) is 51.6 Å². The Kier molecular flexibility index (Phi) is 4.17. The molecule has 0 aliphatic rings. The van der Waals surface area contributed by atoms with E-state index in [1.807, 2.05) is 13.3 Å². The molecule has 17 heavy (non-hydrogen) atoms. The van der Waals surface area contributed by atoms with Crippen molar-refractivity contribution >= 4 is 22.6 Å². The van der Waals surface area contributed by atoms with Crippen LogP contribution in [-0.4, -0.2) is 15.6 Å². The number of hydrogen-bond acceptors (Lipinski definition) is 2. The minimum atomic E-state index is 0.164. The summed E-state index contributed by atoms with van der Waals surface area (Å²) in [5.41, 5.74) is 8.10. The maximum Gasteiger partial charge on any atom is 0.0952 e. The molecule has 2 aromatic rings. The molecule has 0 aliphatic heterocycles. The molecule has 1 heterocycles. The van der Waals surface area contributed by atoms with Gasteiger partial charge in [-0.15, -0.1) is 0 Å². The van der Waals surface area contributed by atoms with Gasteiger partial charge in [-0.1, -0.05) is 12.1 Å². The fourth-order valence-electron chi connectivity index (χ4n) is 1.73. The van der Waals surface area contributed by atoms with Crippen molar-refractivity contribution in [1.29, 1.82) is 0 Å². The Balaban J connectivity index is 2.03. The van der Waals surface area contributed by atoms with Crippen molar-refractivity contribution in [2.45, 2.75) is 25.9 Å². The van der Waals surface area contributed by atoms with Crippen LogP contribution in [0.1, 0.15) is 18.2 Å². The smallest absolute Gasteiger partial charge is 0.0952 e. The number of nitrogens with zero attached hydrogens (tertiary/aromatic N) is 2. The molecule has 0 amide bonds. The van der Waals surface area contributed by atoms with Crippen molar-refractivity contribution in [3.63, 3.8) is 0 Å². The molecule has 0 bridgehead atoms. The number of aromatic nitrogens is 2. The second-order valence-electron chi connectivity index (χ2n) is 4.35. The van der Waals surface area contributed by atoms with Crippen LogP contribution in [-0.2, 0) is 13.0 Å². The van der Waals surface area contributed by atoms with Crippen LogP contribution >= 0.6 is 22.6 Å². The third-order valence-corrected chi connectivity index (χ3v) is 3.22. The first kappa shape index (κ1) is 12.6. The highest BCUT2D eigenvalue weighted by molar-refractivity contribution is 14.1. The molecule has 4 heteroatoms. The molecule has 1 aromatic carbocycles. The summed E-state index contributed by atoms with van der Waals surface area (Å²) < 4.78 is 3.36. The van der Waals surface area contributed by atoms with E-state index in [0.717, 1.165) is 18.7 Å². The molecule has 0 fully saturated rings. The summed E-state index contributed by atoms with van der Waals surface area (Å²) in [6, 6.07) is 8.70. The van der Waals surface area contributed by atoms with Gasteiger partial charge in [-0.05, 0) is 47.2 Å². The van der Waals surface area contributed by atoms with Gasteiger partial charge in [0.2, 0.25) is 0 Å². The summed E-state index contributed by atoms with van der Waals surface area (Å²) in [6.45, 7) is 2.86. The lowest BCUT2D eigenvalue weighted by atomic mass is 10.2. The zero-order chi connectivity index (χ0) is 12.3. The zero-order valence-corrected chi connectivity index (χ0v) is 12.0. The largest absolute Gasteiger partial charge is 0.333 e. The number of benzene rings is 1. The van der Waals surface area contributed by atoms with E-state index in [1.54, 1.807) is 0 Å². The Morgan fingerprint density at radius 3 is 2.71 bits per heavy atom. The lowest BCUT2D eigenvalue weighted by Crippen LogP contribution is -2.17. The van der Waals surface area contributed by atoms with E-state index in [2.05, 4.69) is 62.6 Å². The van der Waals surface area contributed by atoms with Gasteiger partial charge in [-0.2, -0.15) is 0 Å². The molecule has 2 N–H and O–H groups in total.